The minimum atomic E-state index is -3.70. The van der Waals surface area contributed by atoms with E-state index >= 15 is 0 Å². The SMILES string of the molecule is CC(NS(=O)(=O)c1ccc2c(c1)OCCO2)c1ccccc1Cl. The molecule has 0 aliphatic carbocycles. The van der Waals surface area contributed by atoms with Crippen molar-refractivity contribution in [3.8, 4) is 11.5 Å². The van der Waals surface area contributed by atoms with Gasteiger partial charge in [-0.2, -0.15) is 0 Å². The van der Waals surface area contributed by atoms with Crippen LogP contribution < -0.4 is 14.2 Å². The monoisotopic (exact) mass is 353 g/mol. The maximum absolute atomic E-state index is 12.6. The van der Waals surface area contributed by atoms with Gasteiger partial charge in [0.15, 0.2) is 11.5 Å². The van der Waals surface area contributed by atoms with Gasteiger partial charge < -0.3 is 9.47 Å². The minimum absolute atomic E-state index is 0.126. The summed E-state index contributed by atoms with van der Waals surface area (Å²) in [6, 6.07) is 11.2. The second-order valence-corrected chi connectivity index (χ2v) is 7.29. The number of hydrogen-bond acceptors (Lipinski definition) is 4. The molecule has 0 saturated carbocycles. The molecule has 0 aromatic heterocycles. The lowest BCUT2D eigenvalue weighted by atomic mass is 10.1. The Morgan fingerprint density at radius 3 is 2.52 bits per heavy atom. The molecule has 1 N–H and O–H groups in total. The molecule has 3 rings (SSSR count). The standard InChI is InChI=1S/C16H16ClNO4S/c1-11(13-4-2-3-5-14(13)17)18-23(19,20)12-6-7-15-16(10-12)22-9-8-21-15/h2-7,10-11,18H,8-9H2,1H3. The van der Waals surface area contributed by atoms with Gasteiger partial charge >= 0.3 is 0 Å². The highest BCUT2D eigenvalue weighted by molar-refractivity contribution is 7.89. The fraction of sp³-hybridized carbons (Fsp3) is 0.250. The summed E-state index contributed by atoms with van der Waals surface area (Å²) < 4.78 is 38.6. The summed E-state index contributed by atoms with van der Waals surface area (Å²) in [5, 5.41) is 0.518. The number of hydrogen-bond donors (Lipinski definition) is 1. The zero-order valence-corrected chi connectivity index (χ0v) is 14.0. The predicted molar refractivity (Wildman–Crippen MR) is 87.6 cm³/mol. The maximum atomic E-state index is 12.6. The number of nitrogens with one attached hydrogen (secondary N) is 1. The molecule has 23 heavy (non-hydrogen) atoms. The van der Waals surface area contributed by atoms with Crippen LogP contribution in [0.2, 0.25) is 5.02 Å². The summed E-state index contributed by atoms with van der Waals surface area (Å²) >= 11 is 6.12. The van der Waals surface area contributed by atoms with Gasteiger partial charge in [-0.15, -0.1) is 0 Å². The highest BCUT2D eigenvalue weighted by atomic mass is 35.5. The molecule has 1 aliphatic heterocycles. The van der Waals surface area contributed by atoms with E-state index in [1.54, 1.807) is 31.2 Å². The average molecular weight is 354 g/mol. The summed E-state index contributed by atoms with van der Waals surface area (Å²) in [4.78, 5) is 0.126. The third kappa shape index (κ3) is 3.44. The summed E-state index contributed by atoms with van der Waals surface area (Å²) in [6.45, 7) is 2.61. The fourth-order valence-electron chi connectivity index (χ4n) is 2.38. The van der Waals surface area contributed by atoms with Gasteiger partial charge in [0.1, 0.15) is 13.2 Å². The lowest BCUT2D eigenvalue weighted by Crippen LogP contribution is -2.27. The van der Waals surface area contributed by atoms with E-state index in [-0.39, 0.29) is 4.90 Å². The minimum Gasteiger partial charge on any atom is -0.486 e. The van der Waals surface area contributed by atoms with Gasteiger partial charge in [-0.1, -0.05) is 29.8 Å². The first-order valence-corrected chi connectivity index (χ1v) is 9.00. The van der Waals surface area contributed by atoms with Crippen LogP contribution in [0.1, 0.15) is 18.5 Å². The fourth-order valence-corrected chi connectivity index (χ4v) is 3.92. The third-order valence-electron chi connectivity index (χ3n) is 3.53. The Hall–Kier alpha value is -1.76. The van der Waals surface area contributed by atoms with E-state index in [1.165, 1.54) is 12.1 Å². The van der Waals surface area contributed by atoms with Crippen molar-refractivity contribution < 1.29 is 17.9 Å². The van der Waals surface area contributed by atoms with Crippen molar-refractivity contribution in [3.05, 3.63) is 53.1 Å². The molecule has 0 amide bonds. The number of halogens is 1. The first-order valence-electron chi connectivity index (χ1n) is 7.14. The number of rotatable bonds is 4. The molecule has 2 aromatic carbocycles. The number of benzene rings is 2. The molecular formula is C16H16ClNO4S. The molecule has 0 bridgehead atoms. The number of fused-ring (bicyclic) bond motifs is 1. The smallest absolute Gasteiger partial charge is 0.241 e. The van der Waals surface area contributed by atoms with Gasteiger partial charge in [-0.3, -0.25) is 0 Å². The molecule has 1 unspecified atom stereocenters. The van der Waals surface area contributed by atoms with Crippen LogP contribution in [0.15, 0.2) is 47.4 Å². The van der Waals surface area contributed by atoms with Crippen LogP contribution in [0.3, 0.4) is 0 Å². The van der Waals surface area contributed by atoms with Crippen LogP contribution in [0.4, 0.5) is 0 Å². The predicted octanol–water partition coefficient (Wildman–Crippen LogP) is 3.15. The van der Waals surface area contributed by atoms with Gasteiger partial charge in [0.25, 0.3) is 0 Å². The maximum Gasteiger partial charge on any atom is 0.241 e. The van der Waals surface area contributed by atoms with E-state index in [0.717, 1.165) is 5.56 Å². The van der Waals surface area contributed by atoms with Crippen LogP contribution in [-0.4, -0.2) is 21.6 Å². The molecule has 0 fully saturated rings. The molecule has 1 atom stereocenters. The molecule has 1 aliphatic rings. The normalized spacial score (nSPS) is 15.2. The van der Waals surface area contributed by atoms with Gasteiger partial charge in [-0.25, -0.2) is 13.1 Å². The second-order valence-electron chi connectivity index (χ2n) is 5.17. The molecule has 122 valence electrons. The third-order valence-corrected chi connectivity index (χ3v) is 5.41. The van der Waals surface area contributed by atoms with Gasteiger partial charge in [0, 0.05) is 17.1 Å². The van der Waals surface area contributed by atoms with Crippen molar-refractivity contribution >= 4 is 21.6 Å². The van der Waals surface area contributed by atoms with Gasteiger partial charge in [-0.05, 0) is 30.7 Å². The van der Waals surface area contributed by atoms with Crippen molar-refractivity contribution in [1.29, 1.82) is 0 Å². The lowest BCUT2D eigenvalue weighted by Gasteiger charge is -2.20. The summed E-state index contributed by atoms with van der Waals surface area (Å²) in [6.07, 6.45) is 0. The van der Waals surface area contributed by atoms with Crippen LogP contribution in [-0.2, 0) is 10.0 Å². The topological polar surface area (TPSA) is 64.6 Å². The summed E-state index contributed by atoms with van der Waals surface area (Å²) in [5.41, 5.74) is 0.718. The van der Waals surface area contributed by atoms with E-state index in [1.807, 2.05) is 6.07 Å². The largest absolute Gasteiger partial charge is 0.486 e. The molecule has 1 heterocycles. The van der Waals surface area contributed by atoms with E-state index < -0.39 is 16.1 Å². The lowest BCUT2D eigenvalue weighted by molar-refractivity contribution is 0.171. The molecule has 0 saturated heterocycles. The quantitative estimate of drug-likeness (QED) is 0.917. The van der Waals surface area contributed by atoms with Crippen LogP contribution in [0.5, 0.6) is 11.5 Å². The second kappa shape index (κ2) is 6.39. The van der Waals surface area contributed by atoms with Gasteiger partial charge in [0.2, 0.25) is 10.0 Å². The van der Waals surface area contributed by atoms with Crippen LogP contribution in [0.25, 0.3) is 0 Å². The molecule has 0 radical (unpaired) electrons. The zero-order chi connectivity index (χ0) is 16.4. The Morgan fingerprint density at radius 2 is 1.78 bits per heavy atom. The van der Waals surface area contributed by atoms with E-state index in [4.69, 9.17) is 21.1 Å². The Bertz CT molecular complexity index is 823. The highest BCUT2D eigenvalue weighted by Gasteiger charge is 2.22. The van der Waals surface area contributed by atoms with E-state index in [0.29, 0.717) is 29.7 Å². The first kappa shape index (κ1) is 16.1. The van der Waals surface area contributed by atoms with Gasteiger partial charge in [0.05, 0.1) is 4.90 Å². The number of ether oxygens (including phenoxy) is 2. The summed E-state index contributed by atoms with van der Waals surface area (Å²) in [5.74, 6) is 0.985. The van der Waals surface area contributed by atoms with Crippen LogP contribution in [0, 0.1) is 0 Å². The molecule has 5 nitrogen and oxygen atoms in total. The summed E-state index contributed by atoms with van der Waals surface area (Å²) in [7, 11) is -3.70. The number of sulfonamides is 1. The average Bonchev–Trinajstić information content (AvgIpc) is 2.54. The zero-order valence-electron chi connectivity index (χ0n) is 12.5. The molecule has 7 heteroatoms. The van der Waals surface area contributed by atoms with Crippen molar-refractivity contribution in [1.82, 2.24) is 4.72 Å². The van der Waals surface area contributed by atoms with Crippen molar-refractivity contribution in [3.63, 3.8) is 0 Å². The van der Waals surface area contributed by atoms with Crippen molar-refractivity contribution in [2.24, 2.45) is 0 Å². The molecule has 2 aromatic rings. The Morgan fingerprint density at radius 1 is 1.09 bits per heavy atom. The Balaban J connectivity index is 1.86. The highest BCUT2D eigenvalue weighted by Crippen LogP contribution is 2.32. The molecular weight excluding hydrogens is 338 g/mol. The van der Waals surface area contributed by atoms with Crippen molar-refractivity contribution in [2.75, 3.05) is 13.2 Å². The first-order chi connectivity index (χ1) is 11.0. The van der Waals surface area contributed by atoms with Crippen molar-refractivity contribution in [2.45, 2.75) is 17.9 Å². The van der Waals surface area contributed by atoms with E-state index in [9.17, 15) is 8.42 Å². The Labute approximate surface area is 140 Å². The van der Waals surface area contributed by atoms with E-state index in [2.05, 4.69) is 4.72 Å². The Kier molecular flexibility index (Phi) is 4.48. The molecule has 0 spiro atoms. The van der Waals surface area contributed by atoms with Crippen LogP contribution >= 0.6 is 11.6 Å².